The molecule has 0 unspecified atom stereocenters. The number of hydrogen-bond donors (Lipinski definition) is 1. The molecule has 1 nitrogen and oxygen atoms in total. The van der Waals surface area contributed by atoms with Crippen molar-refractivity contribution in [1.82, 2.24) is 0 Å². The third-order valence-electron chi connectivity index (χ3n) is 2.95. The predicted octanol–water partition coefficient (Wildman–Crippen LogP) is 3.26. The molecule has 0 radical (unpaired) electrons. The minimum Gasteiger partial charge on any atom is -0.325 e. The van der Waals surface area contributed by atoms with Crippen molar-refractivity contribution >= 4 is 15.9 Å². The van der Waals surface area contributed by atoms with Gasteiger partial charge in [0.25, 0.3) is 0 Å². The zero-order chi connectivity index (χ0) is 10.0. The smallest absolute Gasteiger partial charge is 0.0175 e. The largest absolute Gasteiger partial charge is 0.325 e. The van der Waals surface area contributed by atoms with Crippen LogP contribution >= 0.6 is 15.9 Å². The van der Waals surface area contributed by atoms with Crippen molar-refractivity contribution in [3.63, 3.8) is 0 Å². The van der Waals surface area contributed by atoms with Gasteiger partial charge >= 0.3 is 0 Å². The number of benzene rings is 1. The lowest BCUT2D eigenvalue weighted by molar-refractivity contribution is 0.576. The first-order valence-electron chi connectivity index (χ1n) is 5.21. The van der Waals surface area contributed by atoms with E-state index in [-0.39, 0.29) is 5.54 Å². The van der Waals surface area contributed by atoms with Gasteiger partial charge in [-0.3, -0.25) is 0 Å². The van der Waals surface area contributed by atoms with Gasteiger partial charge in [0.2, 0.25) is 0 Å². The summed E-state index contributed by atoms with van der Waals surface area (Å²) >= 11 is 3.44. The third-order valence-corrected chi connectivity index (χ3v) is 3.47. The van der Waals surface area contributed by atoms with Gasteiger partial charge in [0.05, 0.1) is 0 Å². The van der Waals surface area contributed by atoms with Gasteiger partial charge in [-0.1, -0.05) is 28.1 Å². The first kappa shape index (κ1) is 10.2. The minimum absolute atomic E-state index is 0.218. The van der Waals surface area contributed by atoms with Crippen LogP contribution in [0.1, 0.15) is 31.2 Å². The van der Waals surface area contributed by atoms with Gasteiger partial charge in [-0.05, 0) is 49.8 Å². The molecule has 2 N–H and O–H groups in total. The summed E-state index contributed by atoms with van der Waals surface area (Å²) < 4.78 is 1.15. The molecule has 1 aromatic rings. The standard InChI is InChI=1S/C12H16BrN/c13-11-5-3-10(4-6-11)2-1-7-12(14)8-9-12/h3-6H,1-2,7-9,14H2. The lowest BCUT2D eigenvalue weighted by atomic mass is 10.0. The van der Waals surface area contributed by atoms with Crippen molar-refractivity contribution < 1.29 is 0 Å². The highest BCUT2D eigenvalue weighted by Crippen LogP contribution is 2.36. The molecule has 0 aliphatic heterocycles. The van der Waals surface area contributed by atoms with E-state index in [2.05, 4.69) is 40.2 Å². The molecule has 1 fully saturated rings. The first-order valence-corrected chi connectivity index (χ1v) is 6.01. The summed E-state index contributed by atoms with van der Waals surface area (Å²) in [6.45, 7) is 0. The van der Waals surface area contributed by atoms with E-state index in [1.807, 2.05) is 0 Å². The SMILES string of the molecule is NC1(CCCc2ccc(Br)cc2)CC1. The van der Waals surface area contributed by atoms with Crippen molar-refractivity contribution in [3.05, 3.63) is 34.3 Å². The zero-order valence-corrected chi connectivity index (χ0v) is 9.89. The molecule has 1 aliphatic rings. The molecule has 2 heteroatoms. The van der Waals surface area contributed by atoms with E-state index in [0.717, 1.165) is 10.9 Å². The molecule has 1 aromatic carbocycles. The highest BCUT2D eigenvalue weighted by Gasteiger charge is 2.36. The molecule has 14 heavy (non-hydrogen) atoms. The Morgan fingerprint density at radius 1 is 1.21 bits per heavy atom. The molecule has 1 aliphatic carbocycles. The van der Waals surface area contributed by atoms with Crippen LogP contribution in [0.3, 0.4) is 0 Å². The van der Waals surface area contributed by atoms with Crippen LogP contribution in [-0.2, 0) is 6.42 Å². The van der Waals surface area contributed by atoms with E-state index >= 15 is 0 Å². The molecule has 2 rings (SSSR count). The number of nitrogens with two attached hydrogens (primary N) is 1. The Morgan fingerprint density at radius 2 is 1.86 bits per heavy atom. The van der Waals surface area contributed by atoms with Crippen LogP contribution in [0.5, 0.6) is 0 Å². The number of rotatable bonds is 4. The summed E-state index contributed by atoms with van der Waals surface area (Å²) in [6.07, 6.45) is 6.02. The second-order valence-corrected chi connectivity index (χ2v) is 5.26. The maximum atomic E-state index is 6.03. The van der Waals surface area contributed by atoms with E-state index in [4.69, 9.17) is 5.73 Å². The van der Waals surface area contributed by atoms with Crippen LogP contribution in [0, 0.1) is 0 Å². The van der Waals surface area contributed by atoms with Crippen molar-refractivity contribution in [2.24, 2.45) is 5.73 Å². The average molecular weight is 254 g/mol. The van der Waals surface area contributed by atoms with Crippen LogP contribution in [0.2, 0.25) is 0 Å². The van der Waals surface area contributed by atoms with Gasteiger partial charge < -0.3 is 5.73 Å². The van der Waals surface area contributed by atoms with Crippen molar-refractivity contribution in [2.45, 2.75) is 37.6 Å². The Kier molecular flexibility index (Phi) is 2.93. The maximum absolute atomic E-state index is 6.03. The van der Waals surface area contributed by atoms with Gasteiger partial charge in [-0.25, -0.2) is 0 Å². The van der Waals surface area contributed by atoms with Crippen LogP contribution in [0.15, 0.2) is 28.7 Å². The van der Waals surface area contributed by atoms with E-state index in [1.165, 1.54) is 31.2 Å². The van der Waals surface area contributed by atoms with Crippen molar-refractivity contribution in [1.29, 1.82) is 0 Å². The lowest BCUT2D eigenvalue weighted by Crippen LogP contribution is -2.21. The third kappa shape index (κ3) is 2.82. The van der Waals surface area contributed by atoms with Crippen molar-refractivity contribution in [3.8, 4) is 0 Å². The molecule has 0 aromatic heterocycles. The van der Waals surface area contributed by atoms with Gasteiger partial charge in [0, 0.05) is 10.0 Å². The Balaban J connectivity index is 1.77. The molecule has 0 atom stereocenters. The molecule has 0 heterocycles. The molecule has 0 spiro atoms. The van der Waals surface area contributed by atoms with Crippen LogP contribution in [0.25, 0.3) is 0 Å². The van der Waals surface area contributed by atoms with E-state index < -0.39 is 0 Å². The fourth-order valence-corrected chi connectivity index (χ4v) is 1.97. The predicted molar refractivity (Wildman–Crippen MR) is 63.2 cm³/mol. The quantitative estimate of drug-likeness (QED) is 0.876. The summed E-state index contributed by atoms with van der Waals surface area (Å²) in [6, 6.07) is 8.57. The highest BCUT2D eigenvalue weighted by atomic mass is 79.9. The van der Waals surface area contributed by atoms with Gasteiger partial charge in [0.1, 0.15) is 0 Å². The average Bonchev–Trinajstić information content (AvgIpc) is 2.88. The zero-order valence-electron chi connectivity index (χ0n) is 8.30. The summed E-state index contributed by atoms with van der Waals surface area (Å²) in [5, 5.41) is 0. The molecule has 76 valence electrons. The van der Waals surface area contributed by atoms with Gasteiger partial charge in [-0.2, -0.15) is 0 Å². The summed E-state index contributed by atoms with van der Waals surface area (Å²) in [4.78, 5) is 0. The summed E-state index contributed by atoms with van der Waals surface area (Å²) in [5.41, 5.74) is 7.66. The molecular weight excluding hydrogens is 238 g/mol. The van der Waals surface area contributed by atoms with E-state index in [0.29, 0.717) is 0 Å². The van der Waals surface area contributed by atoms with Gasteiger partial charge in [-0.15, -0.1) is 0 Å². The normalized spacial score (nSPS) is 18.1. The van der Waals surface area contributed by atoms with Crippen LogP contribution in [0.4, 0.5) is 0 Å². The highest BCUT2D eigenvalue weighted by molar-refractivity contribution is 9.10. The van der Waals surface area contributed by atoms with E-state index in [9.17, 15) is 0 Å². The number of halogens is 1. The Bertz CT molecular complexity index is 301. The molecule has 0 saturated heterocycles. The topological polar surface area (TPSA) is 26.0 Å². The first-order chi connectivity index (χ1) is 6.68. The Labute approximate surface area is 93.8 Å². The maximum Gasteiger partial charge on any atom is 0.0175 e. The van der Waals surface area contributed by atoms with E-state index in [1.54, 1.807) is 0 Å². The lowest BCUT2D eigenvalue weighted by Gasteiger charge is -2.07. The molecular formula is C12H16BrN. The second kappa shape index (κ2) is 4.03. The number of aryl methyl sites for hydroxylation is 1. The Hall–Kier alpha value is -0.340. The van der Waals surface area contributed by atoms with Crippen LogP contribution < -0.4 is 5.73 Å². The summed E-state index contributed by atoms with van der Waals surface area (Å²) in [5.74, 6) is 0. The fourth-order valence-electron chi connectivity index (χ4n) is 1.71. The van der Waals surface area contributed by atoms with Crippen LogP contribution in [-0.4, -0.2) is 5.54 Å². The number of hydrogen-bond acceptors (Lipinski definition) is 1. The monoisotopic (exact) mass is 253 g/mol. The Morgan fingerprint density at radius 3 is 2.43 bits per heavy atom. The molecule has 0 amide bonds. The molecule has 1 saturated carbocycles. The summed E-state index contributed by atoms with van der Waals surface area (Å²) in [7, 11) is 0. The van der Waals surface area contributed by atoms with Crippen molar-refractivity contribution in [2.75, 3.05) is 0 Å². The fraction of sp³-hybridized carbons (Fsp3) is 0.500. The minimum atomic E-state index is 0.218. The molecule has 0 bridgehead atoms. The van der Waals surface area contributed by atoms with Gasteiger partial charge in [0.15, 0.2) is 0 Å². The second-order valence-electron chi connectivity index (χ2n) is 4.34.